The highest BCUT2D eigenvalue weighted by Crippen LogP contribution is 2.30. The van der Waals surface area contributed by atoms with Gasteiger partial charge < -0.3 is 4.90 Å². The quantitative estimate of drug-likeness (QED) is 0.717. The molecule has 4 rings (SSSR count). The molecular formula is C16H15F2N5OS. The van der Waals surface area contributed by atoms with Gasteiger partial charge in [0, 0.05) is 19.0 Å². The van der Waals surface area contributed by atoms with Gasteiger partial charge in [-0.2, -0.15) is 14.6 Å². The van der Waals surface area contributed by atoms with Crippen molar-refractivity contribution in [2.75, 3.05) is 13.1 Å². The van der Waals surface area contributed by atoms with Gasteiger partial charge in [-0.1, -0.05) is 6.07 Å². The fourth-order valence-corrected chi connectivity index (χ4v) is 3.87. The number of fused-ring (bicyclic) bond motifs is 1. The van der Waals surface area contributed by atoms with E-state index >= 15 is 0 Å². The Balaban J connectivity index is 1.63. The van der Waals surface area contributed by atoms with E-state index in [1.807, 2.05) is 11.4 Å². The molecule has 1 amide bonds. The summed E-state index contributed by atoms with van der Waals surface area (Å²) in [6, 6.07) is 5.02. The number of hydrogen-bond donors (Lipinski definition) is 0. The Morgan fingerprint density at radius 1 is 1.40 bits per heavy atom. The van der Waals surface area contributed by atoms with Gasteiger partial charge in [0.15, 0.2) is 0 Å². The van der Waals surface area contributed by atoms with Gasteiger partial charge in [-0.15, -0.1) is 11.3 Å². The summed E-state index contributed by atoms with van der Waals surface area (Å²) in [5, 5.41) is 5.67. The molecule has 1 atom stereocenters. The first-order valence-electron chi connectivity index (χ1n) is 7.95. The third kappa shape index (κ3) is 2.99. The summed E-state index contributed by atoms with van der Waals surface area (Å²) in [6.07, 6.45) is 0.156. The average Bonchev–Trinajstić information content (AvgIpc) is 3.31. The number of likely N-dealkylation sites (tertiary alicyclic amines) is 1. The van der Waals surface area contributed by atoms with E-state index in [1.165, 1.54) is 23.7 Å². The van der Waals surface area contributed by atoms with Gasteiger partial charge in [0.25, 0.3) is 18.1 Å². The lowest BCUT2D eigenvalue weighted by Crippen LogP contribution is -2.39. The Morgan fingerprint density at radius 3 is 3.04 bits per heavy atom. The van der Waals surface area contributed by atoms with Crippen LogP contribution in [0, 0.1) is 0 Å². The molecule has 1 aliphatic heterocycles. The van der Waals surface area contributed by atoms with E-state index in [0.717, 1.165) is 17.4 Å². The van der Waals surface area contributed by atoms with Crippen LogP contribution in [0.3, 0.4) is 0 Å². The van der Waals surface area contributed by atoms with Gasteiger partial charge >= 0.3 is 0 Å². The number of alkyl halides is 2. The van der Waals surface area contributed by atoms with Crippen molar-refractivity contribution in [3.05, 3.63) is 46.2 Å². The molecule has 1 fully saturated rings. The molecule has 3 aromatic heterocycles. The molecule has 25 heavy (non-hydrogen) atoms. The first-order chi connectivity index (χ1) is 12.1. The zero-order chi connectivity index (χ0) is 17.4. The van der Waals surface area contributed by atoms with E-state index in [1.54, 1.807) is 11.0 Å². The topological polar surface area (TPSA) is 63.4 Å². The molecule has 0 spiro atoms. The molecule has 9 heteroatoms. The number of aromatic nitrogens is 4. The molecule has 6 nitrogen and oxygen atoms in total. The molecule has 0 saturated carbocycles. The lowest BCUT2D eigenvalue weighted by Gasteiger charge is -2.32. The van der Waals surface area contributed by atoms with Crippen LogP contribution in [-0.2, 0) is 0 Å². The van der Waals surface area contributed by atoms with Crippen LogP contribution in [0.25, 0.3) is 5.78 Å². The highest BCUT2D eigenvalue weighted by molar-refractivity contribution is 7.12. The Hall–Kier alpha value is -2.42. The Labute approximate surface area is 146 Å². The van der Waals surface area contributed by atoms with Crippen molar-refractivity contribution in [3.8, 4) is 0 Å². The van der Waals surface area contributed by atoms with E-state index in [-0.39, 0.29) is 23.3 Å². The molecule has 4 heterocycles. The molecule has 1 aliphatic rings. The number of nitrogens with zero attached hydrogens (tertiary/aromatic N) is 5. The van der Waals surface area contributed by atoms with Gasteiger partial charge in [0.05, 0.1) is 10.6 Å². The van der Waals surface area contributed by atoms with Crippen LogP contribution in [0.4, 0.5) is 8.78 Å². The number of carbonyl (C=O) groups is 1. The molecule has 1 saturated heterocycles. The zero-order valence-corrected chi connectivity index (χ0v) is 14.0. The Bertz CT molecular complexity index is 895. The van der Waals surface area contributed by atoms with Crippen LogP contribution in [-0.4, -0.2) is 43.5 Å². The molecule has 0 bridgehead atoms. The summed E-state index contributed by atoms with van der Waals surface area (Å²) < 4.78 is 27.7. The molecule has 3 aromatic rings. The van der Waals surface area contributed by atoms with Gasteiger partial charge in [-0.25, -0.2) is 13.8 Å². The largest absolute Gasteiger partial charge is 0.337 e. The summed E-state index contributed by atoms with van der Waals surface area (Å²) >= 11 is 1.40. The van der Waals surface area contributed by atoms with Crippen molar-refractivity contribution in [2.24, 2.45) is 0 Å². The normalized spacial score (nSPS) is 18.2. The van der Waals surface area contributed by atoms with E-state index in [9.17, 15) is 13.6 Å². The van der Waals surface area contributed by atoms with Crippen LogP contribution in [0.15, 0.2) is 29.9 Å². The van der Waals surface area contributed by atoms with Gasteiger partial charge in [0.2, 0.25) is 0 Å². The number of rotatable bonds is 3. The maximum absolute atomic E-state index is 13.3. The lowest BCUT2D eigenvalue weighted by molar-refractivity contribution is 0.0710. The minimum atomic E-state index is -2.67. The minimum Gasteiger partial charge on any atom is -0.337 e. The highest BCUT2D eigenvalue weighted by atomic mass is 32.1. The minimum absolute atomic E-state index is 0.0164. The van der Waals surface area contributed by atoms with E-state index in [2.05, 4.69) is 15.1 Å². The molecule has 0 aliphatic carbocycles. The summed E-state index contributed by atoms with van der Waals surface area (Å²) in [4.78, 5) is 23.3. The molecule has 0 radical (unpaired) electrons. The summed E-state index contributed by atoms with van der Waals surface area (Å²) in [7, 11) is 0. The molecular weight excluding hydrogens is 348 g/mol. The summed E-state index contributed by atoms with van der Waals surface area (Å²) in [5.74, 6) is 0.0590. The van der Waals surface area contributed by atoms with E-state index in [4.69, 9.17) is 0 Å². The van der Waals surface area contributed by atoms with Crippen LogP contribution < -0.4 is 0 Å². The second-order valence-electron chi connectivity index (χ2n) is 5.95. The first kappa shape index (κ1) is 16.1. The maximum Gasteiger partial charge on any atom is 0.280 e. The lowest BCUT2D eigenvalue weighted by atomic mass is 9.94. The third-order valence-electron chi connectivity index (χ3n) is 4.38. The van der Waals surface area contributed by atoms with Gasteiger partial charge in [-0.05, 0) is 30.4 Å². The zero-order valence-electron chi connectivity index (χ0n) is 13.2. The monoisotopic (exact) mass is 363 g/mol. The third-order valence-corrected chi connectivity index (χ3v) is 5.24. The number of halogens is 2. The van der Waals surface area contributed by atoms with Crippen molar-refractivity contribution < 1.29 is 13.6 Å². The second kappa shape index (κ2) is 6.47. The fourth-order valence-electron chi connectivity index (χ4n) is 3.18. The Morgan fingerprint density at radius 2 is 2.28 bits per heavy atom. The Kier molecular flexibility index (Phi) is 4.16. The number of amides is 1. The standard InChI is InChI=1S/C16H15F2N5OS/c17-14(18)12-7-11(21-16-19-9-20-23(12)16)10-3-1-5-22(8-10)15(24)13-4-2-6-25-13/h2,4,6-7,9-10,14H,1,3,5,8H2/t10-/m1/s1. The SMILES string of the molecule is O=C(c1cccs1)N1CCC[C@@H](c2cc(C(F)F)n3ncnc3n2)C1. The van der Waals surface area contributed by atoms with Crippen LogP contribution in [0.1, 0.15) is 46.2 Å². The number of thiophene rings is 1. The predicted octanol–water partition coefficient (Wildman–Crippen LogP) is 3.14. The molecule has 130 valence electrons. The van der Waals surface area contributed by atoms with E-state index in [0.29, 0.717) is 23.7 Å². The highest BCUT2D eigenvalue weighted by Gasteiger charge is 2.28. The second-order valence-corrected chi connectivity index (χ2v) is 6.89. The van der Waals surface area contributed by atoms with Gasteiger partial charge in [0.1, 0.15) is 12.0 Å². The van der Waals surface area contributed by atoms with Crippen molar-refractivity contribution in [1.82, 2.24) is 24.5 Å². The fraction of sp³-hybridized carbons (Fsp3) is 0.375. The van der Waals surface area contributed by atoms with Gasteiger partial charge in [-0.3, -0.25) is 4.79 Å². The van der Waals surface area contributed by atoms with Crippen molar-refractivity contribution >= 4 is 23.0 Å². The number of hydrogen-bond acceptors (Lipinski definition) is 5. The van der Waals surface area contributed by atoms with E-state index < -0.39 is 6.43 Å². The first-order valence-corrected chi connectivity index (χ1v) is 8.83. The van der Waals surface area contributed by atoms with Crippen LogP contribution in [0.2, 0.25) is 0 Å². The van der Waals surface area contributed by atoms with Crippen molar-refractivity contribution in [2.45, 2.75) is 25.2 Å². The summed E-state index contributed by atoms with van der Waals surface area (Å²) in [6.45, 7) is 1.14. The van der Waals surface area contributed by atoms with Crippen molar-refractivity contribution in [3.63, 3.8) is 0 Å². The number of piperidine rings is 1. The average molecular weight is 363 g/mol. The predicted molar refractivity (Wildman–Crippen MR) is 87.9 cm³/mol. The van der Waals surface area contributed by atoms with Crippen LogP contribution >= 0.6 is 11.3 Å². The van der Waals surface area contributed by atoms with Crippen molar-refractivity contribution in [1.29, 1.82) is 0 Å². The molecule has 0 aromatic carbocycles. The molecule has 0 N–H and O–H groups in total. The smallest absolute Gasteiger partial charge is 0.280 e. The molecule has 0 unspecified atom stereocenters. The number of carbonyl (C=O) groups excluding carboxylic acids is 1. The van der Waals surface area contributed by atoms with Crippen LogP contribution in [0.5, 0.6) is 0 Å². The summed E-state index contributed by atoms with van der Waals surface area (Å²) in [5.41, 5.74) is 0.318. The maximum atomic E-state index is 13.3.